The van der Waals surface area contributed by atoms with Gasteiger partial charge in [-0.1, -0.05) is 100 Å². The minimum Gasteiger partial charge on any atom is -0.488 e. The summed E-state index contributed by atoms with van der Waals surface area (Å²) >= 11 is 1.72. The van der Waals surface area contributed by atoms with Gasteiger partial charge in [0.1, 0.15) is 24.0 Å². The summed E-state index contributed by atoms with van der Waals surface area (Å²) in [6, 6.07) is 27.3. The molecular weight excluding hydrogens is 488 g/mol. The van der Waals surface area contributed by atoms with Crippen LogP contribution < -0.4 is 9.47 Å². The van der Waals surface area contributed by atoms with Crippen molar-refractivity contribution in [1.29, 1.82) is 0 Å². The zero-order valence-electron chi connectivity index (χ0n) is 22.7. The van der Waals surface area contributed by atoms with Crippen LogP contribution in [0.4, 0.5) is 0 Å². The summed E-state index contributed by atoms with van der Waals surface area (Å²) in [4.78, 5) is 1.14. The van der Waals surface area contributed by atoms with Crippen LogP contribution in [0.3, 0.4) is 0 Å². The molecular formula is C34H36O3S. The van der Waals surface area contributed by atoms with Gasteiger partial charge >= 0.3 is 0 Å². The van der Waals surface area contributed by atoms with Crippen molar-refractivity contribution in [3.8, 4) is 22.6 Å². The lowest BCUT2D eigenvalue weighted by Crippen LogP contribution is -2.44. The van der Waals surface area contributed by atoms with Gasteiger partial charge in [-0.25, -0.2) is 0 Å². The lowest BCUT2D eigenvalue weighted by molar-refractivity contribution is -0.0909. The first-order valence-electron chi connectivity index (χ1n) is 13.5. The van der Waals surface area contributed by atoms with Gasteiger partial charge in [-0.05, 0) is 75.9 Å². The molecule has 1 saturated carbocycles. The normalized spacial score (nSPS) is 19.1. The molecule has 0 amide bonds. The predicted octanol–water partition coefficient (Wildman–Crippen LogP) is 8.95. The Morgan fingerprint density at radius 1 is 0.816 bits per heavy atom. The van der Waals surface area contributed by atoms with Crippen molar-refractivity contribution < 1.29 is 14.6 Å². The Kier molecular flexibility index (Phi) is 6.24. The number of fused-ring (bicyclic) bond motifs is 2. The number of rotatable bonds is 5. The van der Waals surface area contributed by atoms with Crippen LogP contribution in [0.1, 0.15) is 58.1 Å². The summed E-state index contributed by atoms with van der Waals surface area (Å²) < 4.78 is 12.5. The first kappa shape index (κ1) is 25.3. The summed E-state index contributed by atoms with van der Waals surface area (Å²) in [5.41, 5.74) is 3.31. The van der Waals surface area contributed by atoms with E-state index in [4.69, 9.17) is 9.47 Å². The van der Waals surface area contributed by atoms with Crippen LogP contribution in [0.5, 0.6) is 11.5 Å². The Morgan fingerprint density at radius 2 is 1.47 bits per heavy atom. The van der Waals surface area contributed by atoms with Gasteiger partial charge in [-0.2, -0.15) is 0 Å². The second kappa shape index (κ2) is 9.36. The lowest BCUT2D eigenvalue weighted by Gasteiger charge is -2.50. The zero-order chi connectivity index (χ0) is 26.5. The molecule has 1 aliphatic carbocycles. The van der Waals surface area contributed by atoms with Crippen LogP contribution in [0.15, 0.2) is 83.8 Å². The van der Waals surface area contributed by atoms with Crippen molar-refractivity contribution in [3.63, 3.8) is 0 Å². The fraction of sp³-hybridized carbons (Fsp3) is 0.353. The van der Waals surface area contributed by atoms with Crippen molar-refractivity contribution >= 4 is 22.5 Å². The largest absolute Gasteiger partial charge is 0.488 e. The van der Waals surface area contributed by atoms with Crippen molar-refractivity contribution in [2.24, 2.45) is 10.8 Å². The number of hydrogen-bond donors (Lipinski definition) is 1. The highest BCUT2D eigenvalue weighted by Gasteiger charge is 2.48. The molecule has 3 nitrogen and oxygen atoms in total. The molecule has 0 bridgehead atoms. The van der Waals surface area contributed by atoms with E-state index in [0.29, 0.717) is 25.4 Å². The molecule has 1 fully saturated rings. The number of benzene rings is 4. The molecule has 1 aliphatic heterocycles. The lowest BCUT2D eigenvalue weighted by atomic mass is 9.57. The number of thioether (sulfide) groups is 1. The predicted molar refractivity (Wildman–Crippen MR) is 157 cm³/mol. The van der Waals surface area contributed by atoms with Crippen LogP contribution in [0, 0.1) is 10.8 Å². The van der Waals surface area contributed by atoms with Gasteiger partial charge in [0.25, 0.3) is 0 Å². The van der Waals surface area contributed by atoms with E-state index in [-0.39, 0.29) is 10.8 Å². The average molecular weight is 525 g/mol. The molecule has 0 atom stereocenters. The highest BCUT2D eigenvalue weighted by molar-refractivity contribution is 7.99. The summed E-state index contributed by atoms with van der Waals surface area (Å²) in [5, 5.41) is 14.7. The van der Waals surface area contributed by atoms with Gasteiger partial charge < -0.3 is 14.6 Å². The van der Waals surface area contributed by atoms with Gasteiger partial charge in [0.15, 0.2) is 0 Å². The first-order valence-corrected chi connectivity index (χ1v) is 14.5. The maximum absolute atomic E-state index is 12.6. The smallest absolute Gasteiger partial charge is 0.138 e. The molecule has 0 aromatic heterocycles. The zero-order valence-corrected chi connectivity index (χ0v) is 23.5. The topological polar surface area (TPSA) is 38.7 Å². The monoisotopic (exact) mass is 524 g/mol. The molecule has 0 spiro atoms. The molecule has 4 heteroatoms. The molecule has 6 rings (SSSR count). The molecule has 196 valence electrons. The third kappa shape index (κ3) is 4.81. The van der Waals surface area contributed by atoms with E-state index < -0.39 is 5.60 Å². The van der Waals surface area contributed by atoms with E-state index in [2.05, 4.69) is 82.3 Å². The molecule has 0 saturated heterocycles. The highest BCUT2D eigenvalue weighted by atomic mass is 32.2. The molecule has 4 aromatic rings. The van der Waals surface area contributed by atoms with Gasteiger partial charge in [-0.3, -0.25) is 0 Å². The van der Waals surface area contributed by atoms with Gasteiger partial charge in [0, 0.05) is 5.39 Å². The summed E-state index contributed by atoms with van der Waals surface area (Å²) in [7, 11) is 0. The number of hydrogen-bond acceptors (Lipinski definition) is 4. The fourth-order valence-electron chi connectivity index (χ4n) is 7.17. The van der Waals surface area contributed by atoms with Crippen molar-refractivity contribution in [2.45, 2.75) is 64.1 Å². The van der Waals surface area contributed by atoms with E-state index in [1.54, 1.807) is 11.8 Å². The maximum atomic E-state index is 12.6. The molecule has 1 N–H and O–H groups in total. The highest BCUT2D eigenvalue weighted by Crippen LogP contribution is 2.57. The average Bonchev–Trinajstić information content (AvgIpc) is 3.32. The van der Waals surface area contributed by atoms with Gasteiger partial charge in [-0.15, -0.1) is 0 Å². The Bertz CT molecular complexity index is 1460. The number of aliphatic hydroxyl groups is 1. The second-order valence-electron chi connectivity index (χ2n) is 12.6. The minimum absolute atomic E-state index is 0.00605. The molecule has 0 radical (unpaired) electrons. The maximum Gasteiger partial charge on any atom is 0.138 e. The van der Waals surface area contributed by atoms with E-state index >= 15 is 0 Å². The second-order valence-corrected chi connectivity index (χ2v) is 13.5. The third-order valence-corrected chi connectivity index (χ3v) is 8.76. The Balaban J connectivity index is 1.62. The molecule has 2 aliphatic rings. The van der Waals surface area contributed by atoms with Crippen LogP contribution in [-0.4, -0.2) is 11.0 Å². The quantitative estimate of drug-likeness (QED) is 0.283. The summed E-state index contributed by atoms with van der Waals surface area (Å²) in [6.07, 6.45) is 2.49. The van der Waals surface area contributed by atoms with E-state index in [1.807, 2.05) is 24.3 Å². The Labute approximate surface area is 230 Å². The minimum atomic E-state index is -0.988. The van der Waals surface area contributed by atoms with Crippen LogP contribution in [0.2, 0.25) is 0 Å². The third-order valence-electron chi connectivity index (χ3n) is 7.89. The Hall–Kier alpha value is -2.95. The van der Waals surface area contributed by atoms with E-state index in [1.165, 1.54) is 0 Å². The SMILES string of the molecule is CC1(C)CC(C)(C)CC(O)(c2cc(OCc3ccccc3)c3cc4c(cc3c2-c2ccccc2)SCO4)C1. The molecule has 4 aromatic carbocycles. The van der Waals surface area contributed by atoms with E-state index in [0.717, 1.165) is 55.8 Å². The van der Waals surface area contributed by atoms with Crippen LogP contribution >= 0.6 is 11.8 Å². The molecule has 0 unspecified atom stereocenters. The standard InChI is InChI=1S/C34H36O3S/c1-32(2)19-33(3,4)21-34(35,20-32)27-17-28(36-18-23-11-7-5-8-12-23)25-15-29-30(38-22-37-29)16-26(25)31(27)24-13-9-6-10-14-24/h5-17,35H,18-22H2,1-4H3. The van der Waals surface area contributed by atoms with Crippen LogP contribution in [-0.2, 0) is 12.2 Å². The summed E-state index contributed by atoms with van der Waals surface area (Å²) in [5.74, 6) is 2.31. The van der Waals surface area contributed by atoms with Crippen molar-refractivity contribution in [3.05, 3.63) is 90.0 Å². The van der Waals surface area contributed by atoms with E-state index in [9.17, 15) is 5.11 Å². The van der Waals surface area contributed by atoms with Gasteiger partial charge in [0.2, 0.25) is 0 Å². The van der Waals surface area contributed by atoms with Crippen LogP contribution in [0.25, 0.3) is 21.9 Å². The molecule has 38 heavy (non-hydrogen) atoms. The fourth-order valence-corrected chi connectivity index (χ4v) is 7.95. The number of ether oxygens (including phenoxy) is 2. The Morgan fingerprint density at radius 3 is 2.16 bits per heavy atom. The van der Waals surface area contributed by atoms with Crippen molar-refractivity contribution in [2.75, 3.05) is 5.94 Å². The summed E-state index contributed by atoms with van der Waals surface area (Å²) in [6.45, 7) is 9.61. The first-order chi connectivity index (χ1) is 18.1. The molecule has 1 heterocycles. The van der Waals surface area contributed by atoms with Gasteiger partial charge in [0.05, 0.1) is 10.5 Å². The van der Waals surface area contributed by atoms with Crippen molar-refractivity contribution in [1.82, 2.24) is 0 Å².